The first-order valence-electron chi connectivity index (χ1n) is 11.1. The number of aromatic nitrogens is 2. The van der Waals surface area contributed by atoms with Gasteiger partial charge in [0.1, 0.15) is 6.54 Å². The van der Waals surface area contributed by atoms with Crippen molar-refractivity contribution in [3.05, 3.63) is 76.6 Å². The largest absolute Gasteiger partial charge is 0.355 e. The van der Waals surface area contributed by atoms with Gasteiger partial charge in [0.25, 0.3) is 5.91 Å². The third-order valence-electron chi connectivity index (χ3n) is 5.07. The number of rotatable bonds is 10. The number of hydrogen-bond donors (Lipinski definition) is 2. The van der Waals surface area contributed by atoms with Crippen LogP contribution in [0.3, 0.4) is 0 Å². The van der Waals surface area contributed by atoms with Gasteiger partial charge in [-0.1, -0.05) is 23.8 Å². The van der Waals surface area contributed by atoms with Crippen molar-refractivity contribution in [1.29, 1.82) is 0 Å². The molecule has 0 fully saturated rings. The summed E-state index contributed by atoms with van der Waals surface area (Å²) in [6, 6.07) is 12.8. The Morgan fingerprint density at radius 2 is 1.79 bits per heavy atom. The van der Waals surface area contributed by atoms with E-state index in [0.717, 1.165) is 11.3 Å². The van der Waals surface area contributed by atoms with Crippen LogP contribution < -0.4 is 10.6 Å². The third kappa shape index (κ3) is 7.48. The SMILES string of the molecule is Cc1ccc(C(=O)N(CC(=O)Nc2nc(CC(=O)NCCc3ccccn3)cs2)C(C)C)cc1. The van der Waals surface area contributed by atoms with Crippen LogP contribution in [0.25, 0.3) is 0 Å². The van der Waals surface area contributed by atoms with Crippen LogP contribution in [0.4, 0.5) is 5.13 Å². The smallest absolute Gasteiger partial charge is 0.254 e. The van der Waals surface area contributed by atoms with Gasteiger partial charge >= 0.3 is 0 Å². The molecule has 3 rings (SSSR count). The molecule has 2 aromatic heterocycles. The van der Waals surface area contributed by atoms with E-state index in [1.807, 2.05) is 51.1 Å². The molecule has 1 aromatic carbocycles. The van der Waals surface area contributed by atoms with Crippen molar-refractivity contribution in [2.45, 2.75) is 39.7 Å². The van der Waals surface area contributed by atoms with E-state index in [4.69, 9.17) is 0 Å². The Morgan fingerprint density at radius 1 is 1.03 bits per heavy atom. The molecule has 2 heterocycles. The molecule has 0 aliphatic carbocycles. The molecule has 0 atom stereocenters. The molecule has 0 saturated heterocycles. The number of carbonyl (C=O) groups excluding carboxylic acids is 3. The van der Waals surface area contributed by atoms with Crippen LogP contribution in [0.2, 0.25) is 0 Å². The summed E-state index contributed by atoms with van der Waals surface area (Å²) in [7, 11) is 0. The van der Waals surface area contributed by atoms with E-state index >= 15 is 0 Å². The van der Waals surface area contributed by atoms with Crippen molar-refractivity contribution in [3.8, 4) is 0 Å². The van der Waals surface area contributed by atoms with Gasteiger partial charge in [-0.25, -0.2) is 4.98 Å². The minimum absolute atomic E-state index is 0.0900. The fourth-order valence-electron chi connectivity index (χ4n) is 3.21. The highest BCUT2D eigenvalue weighted by Crippen LogP contribution is 2.16. The Kier molecular flexibility index (Phi) is 8.86. The summed E-state index contributed by atoms with van der Waals surface area (Å²) in [5.41, 5.74) is 3.09. The number of nitrogens with one attached hydrogen (secondary N) is 2. The Morgan fingerprint density at radius 3 is 2.47 bits per heavy atom. The predicted molar refractivity (Wildman–Crippen MR) is 133 cm³/mol. The molecule has 3 amide bonds. The molecule has 0 radical (unpaired) electrons. The number of benzene rings is 1. The zero-order valence-electron chi connectivity index (χ0n) is 19.6. The minimum Gasteiger partial charge on any atom is -0.355 e. The molecule has 0 spiro atoms. The maximum absolute atomic E-state index is 12.9. The van der Waals surface area contributed by atoms with Crippen LogP contribution in [0.1, 0.15) is 41.2 Å². The van der Waals surface area contributed by atoms with E-state index < -0.39 is 0 Å². The molecule has 0 aliphatic heterocycles. The van der Waals surface area contributed by atoms with Crippen molar-refractivity contribution < 1.29 is 14.4 Å². The highest BCUT2D eigenvalue weighted by molar-refractivity contribution is 7.13. The Bertz CT molecular complexity index is 1110. The lowest BCUT2D eigenvalue weighted by Crippen LogP contribution is -2.42. The van der Waals surface area contributed by atoms with Gasteiger partial charge < -0.3 is 15.5 Å². The summed E-state index contributed by atoms with van der Waals surface area (Å²) in [4.78, 5) is 47.7. The van der Waals surface area contributed by atoms with Crippen LogP contribution in [0.5, 0.6) is 0 Å². The second-order valence-electron chi connectivity index (χ2n) is 8.18. The molecule has 9 heteroatoms. The van der Waals surface area contributed by atoms with Gasteiger partial charge in [0.15, 0.2) is 5.13 Å². The number of hydrogen-bond acceptors (Lipinski definition) is 6. The van der Waals surface area contributed by atoms with Crippen LogP contribution in [-0.2, 0) is 22.4 Å². The Hall–Kier alpha value is -3.59. The summed E-state index contributed by atoms with van der Waals surface area (Å²) in [6.07, 6.45) is 2.50. The van der Waals surface area contributed by atoms with Crippen molar-refractivity contribution in [3.63, 3.8) is 0 Å². The van der Waals surface area contributed by atoms with Crippen LogP contribution in [0, 0.1) is 6.92 Å². The van der Waals surface area contributed by atoms with E-state index in [1.165, 1.54) is 16.2 Å². The van der Waals surface area contributed by atoms with E-state index in [9.17, 15) is 14.4 Å². The topological polar surface area (TPSA) is 104 Å². The van der Waals surface area contributed by atoms with Gasteiger partial charge in [-0.2, -0.15) is 0 Å². The van der Waals surface area contributed by atoms with E-state index in [1.54, 1.807) is 23.7 Å². The lowest BCUT2D eigenvalue weighted by Gasteiger charge is -2.26. The number of amides is 3. The predicted octanol–water partition coefficient (Wildman–Crippen LogP) is 3.24. The van der Waals surface area contributed by atoms with Crippen LogP contribution in [0.15, 0.2) is 54.0 Å². The number of nitrogens with zero attached hydrogens (tertiary/aromatic N) is 3. The summed E-state index contributed by atoms with van der Waals surface area (Å²) in [5, 5.41) is 7.73. The monoisotopic (exact) mass is 479 g/mol. The molecule has 0 saturated carbocycles. The maximum Gasteiger partial charge on any atom is 0.254 e. The molecule has 3 aromatic rings. The fourth-order valence-corrected chi connectivity index (χ4v) is 3.94. The van der Waals surface area contributed by atoms with E-state index in [-0.39, 0.29) is 36.7 Å². The molecule has 8 nitrogen and oxygen atoms in total. The zero-order chi connectivity index (χ0) is 24.5. The lowest BCUT2D eigenvalue weighted by atomic mass is 10.1. The van der Waals surface area contributed by atoms with Gasteiger partial charge in [0.05, 0.1) is 12.1 Å². The zero-order valence-corrected chi connectivity index (χ0v) is 20.4. The normalized spacial score (nSPS) is 10.7. The molecule has 0 aliphatic rings. The number of carbonyl (C=O) groups is 3. The maximum atomic E-state index is 12.9. The van der Waals surface area contributed by atoms with Crippen molar-refractivity contribution in [2.24, 2.45) is 0 Å². The fraction of sp³-hybridized carbons (Fsp3) is 0.320. The second kappa shape index (κ2) is 12.0. The van der Waals surface area contributed by atoms with Gasteiger partial charge in [0.2, 0.25) is 11.8 Å². The van der Waals surface area contributed by atoms with E-state index in [2.05, 4.69) is 20.6 Å². The molecular weight excluding hydrogens is 450 g/mol. The quantitative estimate of drug-likeness (QED) is 0.465. The molecule has 34 heavy (non-hydrogen) atoms. The molecule has 0 unspecified atom stereocenters. The summed E-state index contributed by atoms with van der Waals surface area (Å²) in [6.45, 7) is 6.09. The van der Waals surface area contributed by atoms with Crippen molar-refractivity contribution in [1.82, 2.24) is 20.2 Å². The Balaban J connectivity index is 1.49. The van der Waals surface area contributed by atoms with Gasteiger partial charge in [-0.15, -0.1) is 11.3 Å². The first-order valence-corrected chi connectivity index (χ1v) is 12.0. The number of anilines is 1. The Labute approximate surface area is 203 Å². The van der Waals surface area contributed by atoms with E-state index in [0.29, 0.717) is 29.4 Å². The average Bonchev–Trinajstić information content (AvgIpc) is 3.24. The van der Waals surface area contributed by atoms with Gasteiger partial charge in [0, 0.05) is 41.8 Å². The van der Waals surface area contributed by atoms with Crippen molar-refractivity contribution >= 4 is 34.2 Å². The number of pyridine rings is 1. The summed E-state index contributed by atoms with van der Waals surface area (Å²) in [5.74, 6) is -0.684. The standard InChI is InChI=1S/C25H29N5O3S/c1-17(2)30(24(33)19-9-7-18(3)8-10-19)15-23(32)29-25-28-21(16-34-25)14-22(31)27-13-11-20-6-4-5-12-26-20/h4-10,12,16-17H,11,13-15H2,1-3H3,(H,27,31)(H,28,29,32). The number of thiazole rings is 1. The first-order chi connectivity index (χ1) is 16.3. The highest BCUT2D eigenvalue weighted by Gasteiger charge is 2.22. The van der Waals surface area contributed by atoms with Crippen LogP contribution in [-0.4, -0.2) is 51.7 Å². The summed E-state index contributed by atoms with van der Waals surface area (Å²) < 4.78 is 0. The second-order valence-corrected chi connectivity index (χ2v) is 9.04. The van der Waals surface area contributed by atoms with Gasteiger partial charge in [-0.05, 0) is 45.0 Å². The molecule has 178 valence electrons. The average molecular weight is 480 g/mol. The summed E-state index contributed by atoms with van der Waals surface area (Å²) >= 11 is 1.25. The molecule has 0 bridgehead atoms. The molecule has 2 N–H and O–H groups in total. The first kappa shape index (κ1) is 25.0. The van der Waals surface area contributed by atoms with Gasteiger partial charge in [-0.3, -0.25) is 19.4 Å². The third-order valence-corrected chi connectivity index (χ3v) is 5.87. The van der Waals surface area contributed by atoms with Crippen LogP contribution >= 0.6 is 11.3 Å². The lowest BCUT2D eigenvalue weighted by molar-refractivity contribution is -0.120. The minimum atomic E-state index is -0.338. The highest BCUT2D eigenvalue weighted by atomic mass is 32.1. The number of aryl methyl sites for hydroxylation is 1. The molecular formula is C25H29N5O3S. The van der Waals surface area contributed by atoms with Crippen molar-refractivity contribution in [2.75, 3.05) is 18.4 Å².